The number of ether oxygens (including phenoxy) is 1. The molecule has 0 spiro atoms. The van der Waals surface area contributed by atoms with Gasteiger partial charge in [-0.15, -0.1) is 0 Å². The lowest BCUT2D eigenvalue weighted by atomic mass is 9.93. The van der Waals surface area contributed by atoms with E-state index in [-0.39, 0.29) is 11.4 Å². The Bertz CT molecular complexity index is 1320. The van der Waals surface area contributed by atoms with Crippen molar-refractivity contribution in [2.24, 2.45) is 0 Å². The minimum absolute atomic E-state index is 0.0336. The van der Waals surface area contributed by atoms with E-state index in [1.54, 1.807) is 0 Å². The highest BCUT2D eigenvalue weighted by molar-refractivity contribution is 5.97. The molecule has 1 aliphatic heterocycles. The van der Waals surface area contributed by atoms with Gasteiger partial charge < -0.3 is 10.1 Å². The monoisotopic (exact) mass is 467 g/mol. The maximum Gasteiger partial charge on any atom is 0.252 e. The number of carbonyl (C=O) groups excluding carboxylic acids is 1. The number of amides is 1. The highest BCUT2D eigenvalue weighted by atomic mass is 16.5. The Balaban J connectivity index is 1.28. The molecule has 6 rings (SSSR count). The zero-order valence-corrected chi connectivity index (χ0v) is 20.6. The highest BCUT2D eigenvalue weighted by Crippen LogP contribution is 2.49. The molecule has 2 aliphatic carbocycles. The third-order valence-corrected chi connectivity index (χ3v) is 8.09. The first kappa shape index (κ1) is 22.3. The van der Waals surface area contributed by atoms with Crippen LogP contribution in [-0.2, 0) is 5.54 Å². The predicted molar refractivity (Wildman–Crippen MR) is 140 cm³/mol. The quantitative estimate of drug-likeness (QED) is 0.491. The summed E-state index contributed by atoms with van der Waals surface area (Å²) in [4.78, 5) is 20.5. The molecule has 0 bridgehead atoms. The zero-order valence-electron chi connectivity index (χ0n) is 20.6. The lowest BCUT2D eigenvalue weighted by molar-refractivity contribution is 0.0767. The molecule has 180 valence electrons. The predicted octanol–water partition coefficient (Wildman–Crippen LogP) is 5.61. The van der Waals surface area contributed by atoms with Crippen LogP contribution < -0.4 is 10.1 Å². The van der Waals surface area contributed by atoms with E-state index in [1.807, 2.05) is 37.4 Å². The number of rotatable bonds is 7. The van der Waals surface area contributed by atoms with E-state index in [1.165, 1.54) is 23.1 Å². The van der Waals surface area contributed by atoms with Gasteiger partial charge in [-0.2, -0.15) is 0 Å². The van der Waals surface area contributed by atoms with E-state index in [0.29, 0.717) is 18.2 Å². The SMILES string of the molecule is Cc1ccc(OC[C@@H]2CCN2C)cc1C(=O)NC1(c2cc(C3=CCCC3)cc3ncccc23)CC1. The zero-order chi connectivity index (χ0) is 24.0. The van der Waals surface area contributed by atoms with Crippen LogP contribution in [0.25, 0.3) is 16.5 Å². The molecule has 3 aromatic rings. The first-order valence-corrected chi connectivity index (χ1v) is 12.9. The van der Waals surface area contributed by atoms with Crippen LogP contribution in [0, 0.1) is 6.92 Å². The van der Waals surface area contributed by atoms with Crippen molar-refractivity contribution in [3.05, 3.63) is 77.0 Å². The molecule has 35 heavy (non-hydrogen) atoms. The Labute approximate surface area is 207 Å². The molecule has 1 atom stereocenters. The molecule has 1 N–H and O–H groups in total. The average Bonchev–Trinajstić information content (AvgIpc) is 3.42. The molecule has 2 fully saturated rings. The van der Waals surface area contributed by atoms with Gasteiger partial charge in [-0.3, -0.25) is 14.7 Å². The minimum Gasteiger partial charge on any atom is -0.492 e. The number of likely N-dealkylation sites (tertiary alicyclic amines) is 1. The largest absolute Gasteiger partial charge is 0.492 e. The normalized spacial score (nSPS) is 20.9. The minimum atomic E-state index is -0.342. The molecule has 1 aromatic heterocycles. The molecule has 0 radical (unpaired) electrons. The lowest BCUT2D eigenvalue weighted by Gasteiger charge is -2.37. The molecule has 5 heteroatoms. The van der Waals surface area contributed by atoms with Crippen LogP contribution in [0.3, 0.4) is 0 Å². The van der Waals surface area contributed by atoms with E-state index < -0.39 is 0 Å². The first-order chi connectivity index (χ1) is 17.0. The van der Waals surface area contributed by atoms with Crippen LogP contribution in [0.1, 0.15) is 65.6 Å². The van der Waals surface area contributed by atoms with Gasteiger partial charge in [0.1, 0.15) is 12.4 Å². The topological polar surface area (TPSA) is 54.5 Å². The Morgan fingerprint density at radius 2 is 2.11 bits per heavy atom. The smallest absolute Gasteiger partial charge is 0.252 e. The average molecular weight is 468 g/mol. The van der Waals surface area contributed by atoms with Crippen LogP contribution in [0.5, 0.6) is 5.75 Å². The highest BCUT2D eigenvalue weighted by Gasteiger charge is 2.47. The number of likely N-dealkylation sites (N-methyl/N-ethyl adjacent to an activating group) is 1. The number of allylic oxidation sites excluding steroid dienone is 2. The molecule has 1 saturated heterocycles. The Morgan fingerprint density at radius 1 is 1.23 bits per heavy atom. The van der Waals surface area contributed by atoms with E-state index in [0.717, 1.165) is 60.9 Å². The molecule has 1 saturated carbocycles. The van der Waals surface area contributed by atoms with Gasteiger partial charge in [0.2, 0.25) is 0 Å². The van der Waals surface area contributed by atoms with Crippen molar-refractivity contribution in [3.63, 3.8) is 0 Å². The van der Waals surface area contributed by atoms with E-state index in [9.17, 15) is 4.79 Å². The van der Waals surface area contributed by atoms with Crippen molar-refractivity contribution in [3.8, 4) is 5.75 Å². The van der Waals surface area contributed by atoms with Gasteiger partial charge in [0, 0.05) is 23.2 Å². The number of carbonyl (C=O) groups is 1. The first-order valence-electron chi connectivity index (χ1n) is 12.9. The third-order valence-electron chi connectivity index (χ3n) is 8.09. The van der Waals surface area contributed by atoms with Crippen LogP contribution >= 0.6 is 0 Å². The van der Waals surface area contributed by atoms with Crippen molar-refractivity contribution in [2.45, 2.75) is 57.0 Å². The van der Waals surface area contributed by atoms with E-state index >= 15 is 0 Å². The van der Waals surface area contributed by atoms with Gasteiger partial charge in [-0.05, 0) is 112 Å². The fourth-order valence-corrected chi connectivity index (χ4v) is 5.48. The number of benzene rings is 2. The van der Waals surface area contributed by atoms with Crippen LogP contribution in [-0.4, -0.2) is 42.0 Å². The van der Waals surface area contributed by atoms with Crippen molar-refractivity contribution < 1.29 is 9.53 Å². The number of fused-ring (bicyclic) bond motifs is 1. The molecule has 3 aliphatic rings. The molecular formula is C30H33N3O2. The summed E-state index contributed by atoms with van der Waals surface area (Å²) in [6.07, 6.45) is 10.7. The number of hydrogen-bond donors (Lipinski definition) is 1. The Morgan fingerprint density at radius 3 is 2.83 bits per heavy atom. The standard InChI is InChI=1S/C30H33N3O2/c1-20-9-10-24(35-19-23-11-15-33(23)2)18-26(20)29(34)32-30(12-13-30)27-16-22(21-6-3-4-7-21)17-28-25(27)8-5-14-31-28/h5-6,8-10,14,16-18,23H,3-4,7,11-13,15,19H2,1-2H3,(H,32,34)/t23-/m0/s1. The van der Waals surface area contributed by atoms with Crippen molar-refractivity contribution in [1.82, 2.24) is 15.2 Å². The molecule has 5 nitrogen and oxygen atoms in total. The van der Waals surface area contributed by atoms with Gasteiger partial charge in [0.15, 0.2) is 0 Å². The fraction of sp³-hybridized carbons (Fsp3) is 0.400. The Hall–Kier alpha value is -3.18. The summed E-state index contributed by atoms with van der Waals surface area (Å²) in [6, 6.07) is 15.0. The second-order valence-corrected chi connectivity index (χ2v) is 10.5. The summed E-state index contributed by atoms with van der Waals surface area (Å²) in [5.74, 6) is 0.726. The van der Waals surface area contributed by atoms with E-state index in [2.05, 4.69) is 46.5 Å². The third kappa shape index (κ3) is 4.23. The molecule has 2 aromatic carbocycles. The van der Waals surface area contributed by atoms with Crippen LogP contribution in [0.15, 0.2) is 54.7 Å². The second kappa shape index (κ2) is 8.80. The maximum atomic E-state index is 13.6. The van der Waals surface area contributed by atoms with Gasteiger partial charge in [0.25, 0.3) is 5.91 Å². The summed E-state index contributed by atoms with van der Waals surface area (Å²) in [5, 5.41) is 4.55. The Kier molecular flexibility index (Phi) is 5.60. The summed E-state index contributed by atoms with van der Waals surface area (Å²) < 4.78 is 6.05. The number of aromatic nitrogens is 1. The molecule has 0 unspecified atom stereocenters. The van der Waals surface area contributed by atoms with Gasteiger partial charge in [0.05, 0.1) is 11.1 Å². The molecule has 2 heterocycles. The van der Waals surface area contributed by atoms with Crippen molar-refractivity contribution >= 4 is 22.4 Å². The second-order valence-electron chi connectivity index (χ2n) is 10.5. The van der Waals surface area contributed by atoms with Crippen molar-refractivity contribution in [2.75, 3.05) is 20.2 Å². The molecular weight excluding hydrogens is 434 g/mol. The number of nitrogens with one attached hydrogen (secondary N) is 1. The van der Waals surface area contributed by atoms with Gasteiger partial charge >= 0.3 is 0 Å². The summed E-state index contributed by atoms with van der Waals surface area (Å²) in [7, 11) is 2.12. The number of aryl methyl sites for hydroxylation is 1. The molecule has 1 amide bonds. The van der Waals surface area contributed by atoms with Gasteiger partial charge in [-0.1, -0.05) is 18.2 Å². The number of pyridine rings is 1. The summed E-state index contributed by atoms with van der Waals surface area (Å²) in [5.41, 5.74) is 6.15. The number of nitrogens with zero attached hydrogens (tertiary/aromatic N) is 2. The van der Waals surface area contributed by atoms with Crippen LogP contribution in [0.4, 0.5) is 0 Å². The van der Waals surface area contributed by atoms with Crippen LogP contribution in [0.2, 0.25) is 0 Å². The van der Waals surface area contributed by atoms with E-state index in [4.69, 9.17) is 4.74 Å². The van der Waals surface area contributed by atoms with Gasteiger partial charge in [-0.25, -0.2) is 0 Å². The number of hydrogen-bond acceptors (Lipinski definition) is 4. The lowest BCUT2D eigenvalue weighted by Crippen LogP contribution is -2.48. The summed E-state index contributed by atoms with van der Waals surface area (Å²) >= 11 is 0. The maximum absolute atomic E-state index is 13.6. The summed E-state index contributed by atoms with van der Waals surface area (Å²) in [6.45, 7) is 3.77. The fourth-order valence-electron chi connectivity index (χ4n) is 5.48. The van der Waals surface area contributed by atoms with Crippen molar-refractivity contribution in [1.29, 1.82) is 0 Å².